The van der Waals surface area contributed by atoms with Gasteiger partial charge in [0.1, 0.15) is 0 Å². The number of carbonyl (C=O) groups is 1. The number of carbonyl (C=O) groups excluding carboxylic acids is 1. The van der Waals surface area contributed by atoms with Gasteiger partial charge in [0, 0.05) is 33.8 Å². The Kier molecular flexibility index (Phi) is 6.09. The normalized spacial score (nSPS) is 10.4. The van der Waals surface area contributed by atoms with Gasteiger partial charge < -0.3 is 5.32 Å². The zero-order valence-corrected chi connectivity index (χ0v) is 15.1. The maximum atomic E-state index is 12.1. The third-order valence-corrected chi connectivity index (χ3v) is 4.88. The minimum Gasteiger partial charge on any atom is -0.326 e. The first-order valence-electron chi connectivity index (χ1n) is 7.85. The second-order valence-corrected chi connectivity index (χ2v) is 7.01. The van der Waals surface area contributed by atoms with E-state index in [1.165, 1.54) is 5.56 Å². The number of nitrogens with one attached hydrogen (secondary N) is 1. The van der Waals surface area contributed by atoms with Crippen molar-refractivity contribution in [1.82, 2.24) is 4.98 Å². The Morgan fingerprint density at radius 2 is 1.76 bits per heavy atom. The summed E-state index contributed by atoms with van der Waals surface area (Å²) in [7, 11) is 0. The van der Waals surface area contributed by atoms with Crippen LogP contribution in [0, 0.1) is 0 Å². The van der Waals surface area contributed by atoms with Crippen molar-refractivity contribution < 1.29 is 4.79 Å². The zero-order chi connectivity index (χ0) is 17.5. The lowest BCUT2D eigenvalue weighted by Crippen LogP contribution is -2.14. The third kappa shape index (κ3) is 5.62. The number of amides is 1. The van der Waals surface area contributed by atoms with Crippen molar-refractivity contribution in [2.45, 2.75) is 17.1 Å². The standard InChI is InChI=1S/C20H17ClN2OS/c21-17-5-3-15(4-6-17)12-20(24)23-18-7-9-19(10-8-18)25-14-16-2-1-11-22-13-16/h1-11,13H,12,14H2,(H,23,24). The lowest BCUT2D eigenvalue weighted by molar-refractivity contribution is -0.115. The molecule has 0 atom stereocenters. The molecule has 0 aliphatic heterocycles. The van der Waals surface area contributed by atoms with Crippen molar-refractivity contribution in [3.05, 3.63) is 89.2 Å². The fourth-order valence-electron chi connectivity index (χ4n) is 2.28. The average molecular weight is 369 g/mol. The summed E-state index contributed by atoms with van der Waals surface area (Å²) < 4.78 is 0. The predicted octanol–water partition coefficient (Wildman–Crippen LogP) is 5.21. The molecular formula is C20H17ClN2OS. The monoisotopic (exact) mass is 368 g/mol. The Balaban J connectivity index is 1.51. The SMILES string of the molecule is O=C(Cc1ccc(Cl)cc1)Nc1ccc(SCc2cccnc2)cc1. The molecule has 0 bridgehead atoms. The van der Waals surface area contributed by atoms with Crippen molar-refractivity contribution >= 4 is 35.0 Å². The molecule has 1 N–H and O–H groups in total. The van der Waals surface area contributed by atoms with Gasteiger partial charge in [-0.3, -0.25) is 9.78 Å². The number of halogens is 1. The van der Waals surface area contributed by atoms with E-state index in [-0.39, 0.29) is 5.91 Å². The van der Waals surface area contributed by atoms with Gasteiger partial charge in [-0.15, -0.1) is 11.8 Å². The molecule has 1 amide bonds. The molecule has 0 radical (unpaired) electrons. The largest absolute Gasteiger partial charge is 0.326 e. The van der Waals surface area contributed by atoms with E-state index in [1.54, 1.807) is 30.1 Å². The van der Waals surface area contributed by atoms with Crippen LogP contribution in [0.15, 0.2) is 78.0 Å². The van der Waals surface area contributed by atoms with Gasteiger partial charge in [0.25, 0.3) is 0 Å². The molecule has 25 heavy (non-hydrogen) atoms. The highest BCUT2D eigenvalue weighted by Gasteiger charge is 2.05. The van der Waals surface area contributed by atoms with E-state index < -0.39 is 0 Å². The topological polar surface area (TPSA) is 42.0 Å². The number of aromatic nitrogens is 1. The van der Waals surface area contributed by atoms with Crippen LogP contribution in [0.2, 0.25) is 5.02 Å². The molecule has 3 rings (SSSR count). The summed E-state index contributed by atoms with van der Waals surface area (Å²) in [6, 6.07) is 19.2. The summed E-state index contributed by atoms with van der Waals surface area (Å²) in [5.74, 6) is 0.828. The van der Waals surface area contributed by atoms with Crippen LogP contribution in [0.25, 0.3) is 0 Å². The molecule has 0 saturated carbocycles. The lowest BCUT2D eigenvalue weighted by Gasteiger charge is -2.07. The second kappa shape index (κ2) is 8.70. The molecule has 3 aromatic rings. The van der Waals surface area contributed by atoms with Crippen molar-refractivity contribution in [2.24, 2.45) is 0 Å². The van der Waals surface area contributed by atoms with Gasteiger partial charge in [0.2, 0.25) is 5.91 Å². The summed E-state index contributed by atoms with van der Waals surface area (Å²) in [5.41, 5.74) is 2.92. The van der Waals surface area contributed by atoms with E-state index in [2.05, 4.69) is 16.4 Å². The Labute approximate surface area is 156 Å². The third-order valence-electron chi connectivity index (χ3n) is 3.54. The number of rotatable bonds is 6. The number of anilines is 1. The molecule has 0 saturated heterocycles. The maximum absolute atomic E-state index is 12.1. The molecule has 3 nitrogen and oxygen atoms in total. The van der Waals surface area contributed by atoms with E-state index in [1.807, 2.05) is 48.7 Å². The van der Waals surface area contributed by atoms with Crippen molar-refractivity contribution in [2.75, 3.05) is 5.32 Å². The Morgan fingerprint density at radius 3 is 2.44 bits per heavy atom. The van der Waals surface area contributed by atoms with Gasteiger partial charge in [0.15, 0.2) is 0 Å². The highest BCUT2D eigenvalue weighted by atomic mass is 35.5. The van der Waals surface area contributed by atoms with E-state index in [0.29, 0.717) is 11.4 Å². The van der Waals surface area contributed by atoms with E-state index >= 15 is 0 Å². The lowest BCUT2D eigenvalue weighted by atomic mass is 10.1. The van der Waals surface area contributed by atoms with Gasteiger partial charge in [-0.1, -0.05) is 29.8 Å². The molecule has 0 unspecified atom stereocenters. The van der Waals surface area contributed by atoms with Crippen LogP contribution in [0.3, 0.4) is 0 Å². The Bertz CT molecular complexity index is 821. The summed E-state index contributed by atoms with van der Waals surface area (Å²) in [6.07, 6.45) is 3.97. The molecule has 126 valence electrons. The Hall–Kier alpha value is -2.30. The number of nitrogens with zero attached hydrogens (tertiary/aromatic N) is 1. The first-order chi connectivity index (χ1) is 12.2. The second-order valence-electron chi connectivity index (χ2n) is 5.53. The van der Waals surface area contributed by atoms with Gasteiger partial charge in [-0.05, 0) is 53.6 Å². The number of pyridine rings is 1. The van der Waals surface area contributed by atoms with Crippen LogP contribution >= 0.6 is 23.4 Å². The van der Waals surface area contributed by atoms with Gasteiger partial charge >= 0.3 is 0 Å². The quantitative estimate of drug-likeness (QED) is 0.607. The van der Waals surface area contributed by atoms with Crippen molar-refractivity contribution in [1.29, 1.82) is 0 Å². The van der Waals surface area contributed by atoms with Crippen LogP contribution in [0.1, 0.15) is 11.1 Å². The molecule has 0 spiro atoms. The van der Waals surface area contributed by atoms with Crippen LogP contribution in [-0.4, -0.2) is 10.9 Å². The summed E-state index contributed by atoms with van der Waals surface area (Å²) in [5, 5.41) is 3.58. The van der Waals surface area contributed by atoms with Crippen molar-refractivity contribution in [3.8, 4) is 0 Å². The summed E-state index contributed by atoms with van der Waals surface area (Å²) >= 11 is 7.59. The van der Waals surface area contributed by atoms with Crippen LogP contribution in [-0.2, 0) is 17.0 Å². The smallest absolute Gasteiger partial charge is 0.228 e. The fraction of sp³-hybridized carbons (Fsp3) is 0.100. The first kappa shape index (κ1) is 17.5. The van der Waals surface area contributed by atoms with E-state index in [0.717, 1.165) is 21.9 Å². The molecular weight excluding hydrogens is 352 g/mol. The maximum Gasteiger partial charge on any atom is 0.228 e. The van der Waals surface area contributed by atoms with Gasteiger partial charge in [-0.25, -0.2) is 0 Å². The Morgan fingerprint density at radius 1 is 1.00 bits per heavy atom. The van der Waals surface area contributed by atoms with Gasteiger partial charge in [-0.2, -0.15) is 0 Å². The number of thioether (sulfide) groups is 1. The van der Waals surface area contributed by atoms with Crippen LogP contribution in [0.4, 0.5) is 5.69 Å². The number of hydrogen-bond acceptors (Lipinski definition) is 3. The molecule has 5 heteroatoms. The average Bonchev–Trinajstić information content (AvgIpc) is 2.64. The minimum atomic E-state index is -0.0434. The van der Waals surface area contributed by atoms with E-state index in [9.17, 15) is 4.79 Å². The highest BCUT2D eigenvalue weighted by Crippen LogP contribution is 2.24. The fourth-order valence-corrected chi connectivity index (χ4v) is 3.24. The number of hydrogen-bond donors (Lipinski definition) is 1. The highest BCUT2D eigenvalue weighted by molar-refractivity contribution is 7.98. The molecule has 1 heterocycles. The zero-order valence-electron chi connectivity index (χ0n) is 13.5. The predicted molar refractivity (Wildman–Crippen MR) is 104 cm³/mol. The van der Waals surface area contributed by atoms with E-state index in [4.69, 9.17) is 11.6 Å². The molecule has 0 fully saturated rings. The van der Waals surface area contributed by atoms with Crippen LogP contribution < -0.4 is 5.32 Å². The van der Waals surface area contributed by atoms with Crippen molar-refractivity contribution in [3.63, 3.8) is 0 Å². The summed E-state index contributed by atoms with van der Waals surface area (Å²) in [4.78, 5) is 17.4. The molecule has 1 aromatic heterocycles. The summed E-state index contributed by atoms with van der Waals surface area (Å²) in [6.45, 7) is 0. The molecule has 2 aromatic carbocycles. The molecule has 0 aliphatic carbocycles. The van der Waals surface area contributed by atoms with Crippen LogP contribution in [0.5, 0.6) is 0 Å². The van der Waals surface area contributed by atoms with Gasteiger partial charge in [0.05, 0.1) is 6.42 Å². The number of benzene rings is 2. The first-order valence-corrected chi connectivity index (χ1v) is 9.21. The molecule has 0 aliphatic rings. The minimum absolute atomic E-state index is 0.0434.